The first-order chi connectivity index (χ1) is 9.00. The smallest absolute Gasteiger partial charge is 0.203 e. The Labute approximate surface area is 116 Å². The molecule has 0 unspecified atom stereocenters. The molecule has 2 aromatic carbocycles. The Balaban J connectivity index is 2.45. The number of sulfone groups is 1. The molecule has 1 N–H and O–H groups in total. The molecule has 98 valence electrons. The standard InChI is InChI=1S/C14H11ClO3S/c15-13-9-5-4-8-12(13)14(16)10-19(17,18)11-6-2-1-3-7-11/h1-10,16H. The first kappa shape index (κ1) is 13.6. The summed E-state index contributed by atoms with van der Waals surface area (Å²) in [5.74, 6) is -0.380. The van der Waals surface area contributed by atoms with E-state index >= 15 is 0 Å². The van der Waals surface area contributed by atoms with Crippen LogP contribution in [0.25, 0.3) is 5.76 Å². The molecule has 3 nitrogen and oxygen atoms in total. The Hall–Kier alpha value is -1.78. The van der Waals surface area contributed by atoms with Crippen LogP contribution >= 0.6 is 11.6 Å². The topological polar surface area (TPSA) is 54.4 Å². The highest BCUT2D eigenvalue weighted by Crippen LogP contribution is 2.24. The minimum atomic E-state index is -3.70. The number of hydrogen-bond donors (Lipinski definition) is 1. The number of halogens is 1. The summed E-state index contributed by atoms with van der Waals surface area (Å²) in [5.41, 5.74) is 0.281. The van der Waals surface area contributed by atoms with Crippen molar-refractivity contribution in [1.29, 1.82) is 0 Å². The third-order valence-corrected chi connectivity index (χ3v) is 4.28. The molecular weight excluding hydrogens is 284 g/mol. The minimum Gasteiger partial charge on any atom is -0.507 e. The number of rotatable bonds is 3. The van der Waals surface area contributed by atoms with Gasteiger partial charge in [-0.2, -0.15) is 0 Å². The summed E-state index contributed by atoms with van der Waals surface area (Å²) in [6.45, 7) is 0. The van der Waals surface area contributed by atoms with E-state index in [-0.39, 0.29) is 16.2 Å². The zero-order valence-corrected chi connectivity index (χ0v) is 11.4. The van der Waals surface area contributed by atoms with Gasteiger partial charge in [-0.05, 0) is 24.3 Å². The fourth-order valence-corrected chi connectivity index (χ4v) is 2.88. The van der Waals surface area contributed by atoms with E-state index in [1.807, 2.05) is 0 Å². The van der Waals surface area contributed by atoms with Crippen LogP contribution in [0, 0.1) is 0 Å². The molecule has 0 radical (unpaired) electrons. The highest BCUT2D eigenvalue weighted by Gasteiger charge is 2.14. The SMILES string of the molecule is O=S(=O)(C=C(O)c1ccccc1Cl)c1ccccc1. The van der Waals surface area contributed by atoms with Crippen molar-refractivity contribution in [3.63, 3.8) is 0 Å². The molecule has 0 aliphatic carbocycles. The molecule has 0 saturated carbocycles. The molecule has 0 aliphatic heterocycles. The Morgan fingerprint density at radius 3 is 2.21 bits per heavy atom. The number of aliphatic hydroxyl groups excluding tert-OH is 1. The summed E-state index contributed by atoms with van der Waals surface area (Å²) >= 11 is 5.90. The molecule has 0 saturated heterocycles. The second-order valence-corrected chi connectivity index (χ2v) is 6.05. The van der Waals surface area contributed by atoms with Gasteiger partial charge in [-0.25, -0.2) is 8.42 Å². The molecule has 0 aromatic heterocycles. The van der Waals surface area contributed by atoms with Crippen LogP contribution in [0.5, 0.6) is 0 Å². The second-order valence-electron chi connectivity index (χ2n) is 3.84. The van der Waals surface area contributed by atoms with Crippen LogP contribution in [0.4, 0.5) is 0 Å². The Morgan fingerprint density at radius 2 is 1.58 bits per heavy atom. The van der Waals surface area contributed by atoms with Gasteiger partial charge in [0.1, 0.15) is 5.76 Å². The predicted octanol–water partition coefficient (Wildman–Crippen LogP) is 3.67. The van der Waals surface area contributed by atoms with E-state index in [1.165, 1.54) is 12.1 Å². The Morgan fingerprint density at radius 1 is 1.00 bits per heavy atom. The lowest BCUT2D eigenvalue weighted by atomic mass is 10.2. The highest BCUT2D eigenvalue weighted by atomic mass is 35.5. The lowest BCUT2D eigenvalue weighted by molar-refractivity contribution is 0.512. The minimum absolute atomic E-state index is 0.119. The summed E-state index contributed by atoms with van der Waals surface area (Å²) in [6.07, 6.45) is 0. The van der Waals surface area contributed by atoms with Gasteiger partial charge in [0.2, 0.25) is 9.84 Å². The summed E-state index contributed by atoms with van der Waals surface area (Å²) in [6, 6.07) is 14.4. The van der Waals surface area contributed by atoms with Crippen LogP contribution in [0.15, 0.2) is 64.9 Å². The van der Waals surface area contributed by atoms with E-state index in [0.717, 1.165) is 5.41 Å². The van der Waals surface area contributed by atoms with Crippen molar-refractivity contribution in [2.75, 3.05) is 0 Å². The van der Waals surface area contributed by atoms with Gasteiger partial charge < -0.3 is 5.11 Å². The molecule has 0 fully saturated rings. The average molecular weight is 295 g/mol. The molecule has 0 spiro atoms. The highest BCUT2D eigenvalue weighted by molar-refractivity contribution is 7.94. The summed E-state index contributed by atoms with van der Waals surface area (Å²) in [7, 11) is -3.70. The fourth-order valence-electron chi connectivity index (χ4n) is 1.56. The number of benzene rings is 2. The maximum Gasteiger partial charge on any atom is 0.203 e. The van der Waals surface area contributed by atoms with Gasteiger partial charge in [-0.3, -0.25) is 0 Å². The van der Waals surface area contributed by atoms with Gasteiger partial charge in [-0.15, -0.1) is 0 Å². The van der Waals surface area contributed by atoms with E-state index < -0.39 is 9.84 Å². The second kappa shape index (κ2) is 5.47. The lowest BCUT2D eigenvalue weighted by Gasteiger charge is -2.04. The zero-order valence-electron chi connectivity index (χ0n) is 9.82. The van der Waals surface area contributed by atoms with Crippen molar-refractivity contribution in [2.24, 2.45) is 0 Å². The normalized spacial score (nSPS) is 12.4. The van der Waals surface area contributed by atoms with E-state index in [0.29, 0.717) is 5.02 Å². The molecule has 0 amide bonds. The Kier molecular flexibility index (Phi) is 3.93. The van der Waals surface area contributed by atoms with E-state index in [1.54, 1.807) is 42.5 Å². The first-order valence-electron chi connectivity index (χ1n) is 5.46. The van der Waals surface area contributed by atoms with Crippen LogP contribution in [-0.4, -0.2) is 13.5 Å². The molecule has 2 rings (SSSR count). The van der Waals surface area contributed by atoms with Gasteiger partial charge in [0.15, 0.2) is 0 Å². The maximum atomic E-state index is 12.0. The van der Waals surface area contributed by atoms with Crippen LogP contribution in [0.1, 0.15) is 5.56 Å². The zero-order chi connectivity index (χ0) is 13.9. The van der Waals surface area contributed by atoms with Gasteiger partial charge in [-0.1, -0.05) is 41.9 Å². The summed E-state index contributed by atoms with van der Waals surface area (Å²) < 4.78 is 24.1. The molecule has 19 heavy (non-hydrogen) atoms. The predicted molar refractivity (Wildman–Crippen MR) is 75.7 cm³/mol. The average Bonchev–Trinajstić information content (AvgIpc) is 2.39. The van der Waals surface area contributed by atoms with Crippen molar-refractivity contribution in [2.45, 2.75) is 4.90 Å². The maximum absolute atomic E-state index is 12.0. The quantitative estimate of drug-likeness (QED) is 0.879. The molecule has 2 aromatic rings. The van der Waals surface area contributed by atoms with Crippen molar-refractivity contribution in [3.05, 3.63) is 70.6 Å². The molecule has 0 bridgehead atoms. The number of hydrogen-bond acceptors (Lipinski definition) is 3. The van der Waals surface area contributed by atoms with E-state index in [2.05, 4.69) is 0 Å². The van der Waals surface area contributed by atoms with Crippen LogP contribution in [0.3, 0.4) is 0 Å². The fraction of sp³-hybridized carbons (Fsp3) is 0. The van der Waals surface area contributed by atoms with Crippen LogP contribution < -0.4 is 0 Å². The number of aliphatic hydroxyl groups is 1. The first-order valence-corrected chi connectivity index (χ1v) is 7.39. The largest absolute Gasteiger partial charge is 0.507 e. The molecule has 0 heterocycles. The monoisotopic (exact) mass is 294 g/mol. The van der Waals surface area contributed by atoms with Gasteiger partial charge in [0.25, 0.3) is 0 Å². The van der Waals surface area contributed by atoms with Gasteiger partial charge in [0.05, 0.1) is 15.3 Å². The van der Waals surface area contributed by atoms with Gasteiger partial charge >= 0.3 is 0 Å². The summed E-state index contributed by atoms with van der Waals surface area (Å²) in [5, 5.41) is 11.0. The van der Waals surface area contributed by atoms with E-state index in [9.17, 15) is 13.5 Å². The molecule has 0 aliphatic rings. The van der Waals surface area contributed by atoms with Crippen molar-refractivity contribution in [3.8, 4) is 0 Å². The third-order valence-electron chi connectivity index (χ3n) is 2.49. The van der Waals surface area contributed by atoms with Gasteiger partial charge in [0, 0.05) is 5.56 Å². The van der Waals surface area contributed by atoms with E-state index in [4.69, 9.17) is 11.6 Å². The molecular formula is C14H11ClO3S. The van der Waals surface area contributed by atoms with Crippen molar-refractivity contribution in [1.82, 2.24) is 0 Å². The Bertz CT molecular complexity index is 706. The van der Waals surface area contributed by atoms with Crippen molar-refractivity contribution >= 4 is 27.2 Å². The third kappa shape index (κ3) is 3.16. The molecule has 0 atom stereocenters. The van der Waals surface area contributed by atoms with Crippen LogP contribution in [0.2, 0.25) is 5.02 Å². The lowest BCUT2D eigenvalue weighted by Crippen LogP contribution is -1.98. The van der Waals surface area contributed by atoms with Crippen molar-refractivity contribution < 1.29 is 13.5 Å². The van der Waals surface area contributed by atoms with Crippen LogP contribution in [-0.2, 0) is 9.84 Å². The summed E-state index contributed by atoms with van der Waals surface area (Å²) in [4.78, 5) is 0.119. The molecule has 5 heteroatoms.